The second-order valence-electron chi connectivity index (χ2n) is 4.64. The average molecular weight is 310 g/mol. The lowest BCUT2D eigenvalue weighted by molar-refractivity contribution is 0.0693. The van der Waals surface area contributed by atoms with E-state index < -0.39 is 11.8 Å². The van der Waals surface area contributed by atoms with E-state index in [-0.39, 0.29) is 17.2 Å². The zero-order valence-electron chi connectivity index (χ0n) is 11.8. The molecule has 0 saturated carbocycles. The summed E-state index contributed by atoms with van der Waals surface area (Å²) in [7, 11) is 0. The molecule has 0 spiro atoms. The number of carbonyl (C=O) groups is 1. The molecule has 6 heteroatoms. The number of benzene rings is 2. The highest BCUT2D eigenvalue weighted by Gasteiger charge is 2.16. The Morgan fingerprint density at radius 3 is 2.57 bits per heavy atom. The van der Waals surface area contributed by atoms with Crippen molar-refractivity contribution in [1.82, 2.24) is 9.97 Å². The van der Waals surface area contributed by atoms with Crippen LogP contribution in [0.4, 0.5) is 4.39 Å². The van der Waals surface area contributed by atoms with E-state index in [0.717, 1.165) is 6.07 Å². The molecule has 3 rings (SSSR count). The van der Waals surface area contributed by atoms with E-state index in [9.17, 15) is 14.3 Å². The Bertz CT molecular complexity index is 853. The Kier molecular flexibility index (Phi) is 3.97. The second kappa shape index (κ2) is 6.23. The van der Waals surface area contributed by atoms with Gasteiger partial charge in [-0.15, -0.1) is 0 Å². The Balaban J connectivity index is 2.04. The van der Waals surface area contributed by atoms with Crippen molar-refractivity contribution in [3.05, 3.63) is 72.2 Å². The van der Waals surface area contributed by atoms with Crippen molar-refractivity contribution < 1.29 is 19.0 Å². The van der Waals surface area contributed by atoms with Crippen molar-refractivity contribution >= 4 is 5.97 Å². The zero-order valence-corrected chi connectivity index (χ0v) is 11.8. The van der Waals surface area contributed by atoms with E-state index in [0.29, 0.717) is 11.4 Å². The monoisotopic (exact) mass is 310 g/mol. The molecule has 1 aromatic heterocycles. The number of rotatable bonds is 4. The molecule has 0 unspecified atom stereocenters. The third-order valence-corrected chi connectivity index (χ3v) is 3.03. The summed E-state index contributed by atoms with van der Waals surface area (Å²) in [6.07, 6.45) is 1.17. The van der Waals surface area contributed by atoms with Gasteiger partial charge in [0.2, 0.25) is 5.88 Å². The number of hydrogen-bond donors (Lipinski definition) is 1. The maximum Gasteiger partial charge on any atom is 0.342 e. The molecule has 1 heterocycles. The lowest BCUT2D eigenvalue weighted by atomic mass is 10.2. The van der Waals surface area contributed by atoms with Crippen molar-refractivity contribution in [3.8, 4) is 23.0 Å². The molecule has 0 atom stereocenters. The number of carboxylic acids is 1. The molecule has 0 aliphatic rings. The fourth-order valence-corrected chi connectivity index (χ4v) is 1.96. The Hall–Kier alpha value is -3.28. The summed E-state index contributed by atoms with van der Waals surface area (Å²) in [5, 5.41) is 9.23. The maximum absolute atomic E-state index is 13.2. The Labute approximate surface area is 131 Å². The highest BCUT2D eigenvalue weighted by molar-refractivity contribution is 5.90. The first kappa shape index (κ1) is 14.6. The summed E-state index contributed by atoms with van der Waals surface area (Å²) in [6, 6.07) is 14.5. The molecule has 5 nitrogen and oxygen atoms in total. The molecule has 3 aromatic rings. The molecule has 23 heavy (non-hydrogen) atoms. The van der Waals surface area contributed by atoms with Gasteiger partial charge < -0.3 is 9.84 Å². The summed E-state index contributed by atoms with van der Waals surface area (Å²) < 4.78 is 18.7. The minimum absolute atomic E-state index is 0.142. The van der Waals surface area contributed by atoms with Crippen LogP contribution < -0.4 is 4.74 Å². The number of halogens is 1. The molecule has 0 radical (unpaired) electrons. The number of ether oxygens (including phenoxy) is 1. The summed E-state index contributed by atoms with van der Waals surface area (Å²) in [6.45, 7) is 0. The average Bonchev–Trinajstić information content (AvgIpc) is 2.55. The highest BCUT2D eigenvalue weighted by atomic mass is 19.1. The summed E-state index contributed by atoms with van der Waals surface area (Å²) >= 11 is 0. The van der Waals surface area contributed by atoms with E-state index in [4.69, 9.17) is 4.74 Å². The molecule has 0 fully saturated rings. The van der Waals surface area contributed by atoms with Gasteiger partial charge >= 0.3 is 5.97 Å². The molecule has 0 amide bonds. The van der Waals surface area contributed by atoms with Gasteiger partial charge in [-0.05, 0) is 12.1 Å². The van der Waals surface area contributed by atoms with Crippen LogP contribution in [0.15, 0.2) is 60.8 Å². The minimum Gasteiger partial charge on any atom is -0.477 e. The normalized spacial score (nSPS) is 10.3. The van der Waals surface area contributed by atoms with Crippen molar-refractivity contribution in [3.63, 3.8) is 0 Å². The summed E-state index contributed by atoms with van der Waals surface area (Å²) in [5.41, 5.74) is 0.516. The minimum atomic E-state index is -1.23. The predicted molar refractivity (Wildman–Crippen MR) is 80.9 cm³/mol. The molecule has 1 N–H and O–H groups in total. The van der Waals surface area contributed by atoms with Crippen LogP contribution in [0.3, 0.4) is 0 Å². The highest BCUT2D eigenvalue weighted by Crippen LogP contribution is 2.26. The first-order valence-electron chi connectivity index (χ1n) is 6.72. The standard InChI is InChI=1S/C17H11FN2O3/c18-12-7-4-8-13(9-12)23-16-14(17(21)22)10-19-15(20-16)11-5-2-1-3-6-11/h1-10H,(H,21,22). The van der Waals surface area contributed by atoms with E-state index in [1.807, 2.05) is 18.2 Å². The number of nitrogens with zero attached hydrogens (tertiary/aromatic N) is 2. The number of aromatic nitrogens is 2. The van der Waals surface area contributed by atoms with Gasteiger partial charge in [0.25, 0.3) is 0 Å². The van der Waals surface area contributed by atoms with Gasteiger partial charge in [0.05, 0.1) is 0 Å². The van der Waals surface area contributed by atoms with Crippen LogP contribution in [-0.2, 0) is 0 Å². The second-order valence-corrected chi connectivity index (χ2v) is 4.64. The van der Waals surface area contributed by atoms with Gasteiger partial charge in [0.1, 0.15) is 17.1 Å². The lowest BCUT2D eigenvalue weighted by Crippen LogP contribution is -2.04. The van der Waals surface area contributed by atoms with E-state index in [1.54, 1.807) is 12.1 Å². The SMILES string of the molecule is O=C(O)c1cnc(-c2ccccc2)nc1Oc1cccc(F)c1. The Morgan fingerprint density at radius 2 is 1.87 bits per heavy atom. The zero-order chi connectivity index (χ0) is 16.2. The quantitative estimate of drug-likeness (QED) is 0.794. The first-order valence-corrected chi connectivity index (χ1v) is 6.72. The van der Waals surface area contributed by atoms with Crippen LogP contribution in [0.25, 0.3) is 11.4 Å². The maximum atomic E-state index is 13.2. The van der Waals surface area contributed by atoms with Crippen molar-refractivity contribution in [1.29, 1.82) is 0 Å². The Morgan fingerprint density at radius 1 is 1.09 bits per heavy atom. The molecule has 2 aromatic carbocycles. The van der Waals surface area contributed by atoms with Crippen molar-refractivity contribution in [2.75, 3.05) is 0 Å². The predicted octanol–water partition coefficient (Wildman–Crippen LogP) is 3.77. The van der Waals surface area contributed by atoms with Crippen LogP contribution in [0.2, 0.25) is 0 Å². The first-order chi connectivity index (χ1) is 11.1. The third-order valence-electron chi connectivity index (χ3n) is 3.03. The molecule has 114 valence electrons. The van der Waals surface area contributed by atoms with Crippen LogP contribution >= 0.6 is 0 Å². The lowest BCUT2D eigenvalue weighted by Gasteiger charge is -2.09. The third kappa shape index (κ3) is 3.32. The molecule has 0 bridgehead atoms. The van der Waals surface area contributed by atoms with Gasteiger partial charge in [-0.3, -0.25) is 0 Å². The van der Waals surface area contributed by atoms with Crippen molar-refractivity contribution in [2.45, 2.75) is 0 Å². The number of hydrogen-bond acceptors (Lipinski definition) is 4. The van der Waals surface area contributed by atoms with Gasteiger partial charge in [-0.2, -0.15) is 4.98 Å². The number of aromatic carboxylic acids is 1. The number of carboxylic acid groups (broad SMARTS) is 1. The largest absolute Gasteiger partial charge is 0.477 e. The van der Waals surface area contributed by atoms with Crippen LogP contribution in [0.5, 0.6) is 11.6 Å². The van der Waals surface area contributed by atoms with Crippen LogP contribution in [0, 0.1) is 5.82 Å². The van der Waals surface area contributed by atoms with Gasteiger partial charge in [-0.25, -0.2) is 14.2 Å². The van der Waals surface area contributed by atoms with Crippen LogP contribution in [-0.4, -0.2) is 21.0 Å². The molecule has 0 saturated heterocycles. The summed E-state index contributed by atoms with van der Waals surface area (Å²) in [4.78, 5) is 19.5. The smallest absolute Gasteiger partial charge is 0.342 e. The summed E-state index contributed by atoms with van der Waals surface area (Å²) in [5.74, 6) is -1.38. The van der Waals surface area contributed by atoms with Gasteiger partial charge in [0, 0.05) is 17.8 Å². The van der Waals surface area contributed by atoms with E-state index in [2.05, 4.69) is 9.97 Å². The molecule has 0 aliphatic carbocycles. The van der Waals surface area contributed by atoms with Gasteiger partial charge in [0.15, 0.2) is 5.82 Å². The van der Waals surface area contributed by atoms with E-state index in [1.165, 1.54) is 24.4 Å². The molecular weight excluding hydrogens is 299 g/mol. The van der Waals surface area contributed by atoms with Crippen LogP contribution in [0.1, 0.15) is 10.4 Å². The molecule has 0 aliphatic heterocycles. The van der Waals surface area contributed by atoms with Gasteiger partial charge in [-0.1, -0.05) is 36.4 Å². The fourth-order valence-electron chi connectivity index (χ4n) is 1.96. The molecular formula is C17H11FN2O3. The van der Waals surface area contributed by atoms with E-state index >= 15 is 0 Å². The van der Waals surface area contributed by atoms with Crippen molar-refractivity contribution in [2.24, 2.45) is 0 Å². The fraction of sp³-hybridized carbons (Fsp3) is 0. The topological polar surface area (TPSA) is 72.3 Å².